The Bertz CT molecular complexity index is 882. The molecule has 0 radical (unpaired) electrons. The number of benzene rings is 3. The predicted molar refractivity (Wildman–Crippen MR) is 100 cm³/mol. The van der Waals surface area contributed by atoms with E-state index in [0.29, 0.717) is 11.1 Å². The third-order valence-corrected chi connectivity index (χ3v) is 4.53. The standard InChI is InChI=1S/C23H21F3/c1-2-3-4-5-16-6-8-17(9-7-16)21-14-18(24)10-12-20(21)22-15-19(25)11-13-23(22)26/h6-15H,2-5H2,1H3. The molecule has 26 heavy (non-hydrogen) atoms. The maximum Gasteiger partial charge on any atom is 0.131 e. The highest BCUT2D eigenvalue weighted by Crippen LogP contribution is 2.34. The zero-order chi connectivity index (χ0) is 18.5. The molecule has 0 fully saturated rings. The lowest BCUT2D eigenvalue weighted by Gasteiger charge is -2.12. The minimum atomic E-state index is -0.532. The van der Waals surface area contributed by atoms with Crippen LogP contribution in [0.15, 0.2) is 60.7 Å². The first-order valence-electron chi connectivity index (χ1n) is 8.93. The van der Waals surface area contributed by atoms with Gasteiger partial charge >= 0.3 is 0 Å². The summed E-state index contributed by atoms with van der Waals surface area (Å²) in [5.41, 5.74) is 3.16. The third kappa shape index (κ3) is 4.16. The van der Waals surface area contributed by atoms with Gasteiger partial charge in [0.15, 0.2) is 0 Å². The van der Waals surface area contributed by atoms with Crippen LogP contribution in [0, 0.1) is 17.5 Å². The Kier molecular flexibility index (Phi) is 5.77. The lowest BCUT2D eigenvalue weighted by molar-refractivity contribution is 0.603. The maximum atomic E-state index is 14.2. The first-order valence-corrected chi connectivity index (χ1v) is 8.93. The van der Waals surface area contributed by atoms with Crippen LogP contribution in [0.3, 0.4) is 0 Å². The minimum Gasteiger partial charge on any atom is -0.207 e. The highest BCUT2D eigenvalue weighted by atomic mass is 19.1. The van der Waals surface area contributed by atoms with Gasteiger partial charge in [-0.2, -0.15) is 0 Å². The van der Waals surface area contributed by atoms with E-state index in [0.717, 1.165) is 36.6 Å². The maximum absolute atomic E-state index is 14.2. The molecular weight excluding hydrogens is 333 g/mol. The molecule has 0 aliphatic carbocycles. The van der Waals surface area contributed by atoms with Crippen LogP contribution in [0.1, 0.15) is 31.7 Å². The fourth-order valence-corrected chi connectivity index (χ4v) is 3.12. The fraction of sp³-hybridized carbons (Fsp3) is 0.217. The average molecular weight is 354 g/mol. The second-order valence-electron chi connectivity index (χ2n) is 6.47. The van der Waals surface area contributed by atoms with Crippen LogP contribution >= 0.6 is 0 Å². The Morgan fingerprint density at radius 3 is 2.00 bits per heavy atom. The van der Waals surface area contributed by atoms with Gasteiger partial charge in [-0.15, -0.1) is 0 Å². The summed E-state index contributed by atoms with van der Waals surface area (Å²) in [6.45, 7) is 2.17. The smallest absolute Gasteiger partial charge is 0.131 e. The predicted octanol–water partition coefficient (Wildman–Crippen LogP) is 7.17. The van der Waals surface area contributed by atoms with Gasteiger partial charge in [-0.05, 0) is 65.4 Å². The van der Waals surface area contributed by atoms with Crippen LogP contribution < -0.4 is 0 Å². The molecule has 0 saturated heterocycles. The SMILES string of the molecule is CCCCCc1ccc(-c2cc(F)ccc2-c2cc(F)ccc2F)cc1. The molecule has 0 atom stereocenters. The van der Waals surface area contributed by atoms with Crippen LogP contribution in [0.25, 0.3) is 22.3 Å². The van der Waals surface area contributed by atoms with Crippen molar-refractivity contribution in [2.45, 2.75) is 32.6 Å². The molecule has 3 aromatic rings. The number of rotatable bonds is 6. The van der Waals surface area contributed by atoms with Crippen molar-refractivity contribution in [2.75, 3.05) is 0 Å². The van der Waals surface area contributed by atoms with E-state index in [-0.39, 0.29) is 5.56 Å². The van der Waals surface area contributed by atoms with Gasteiger partial charge in [0.25, 0.3) is 0 Å². The lowest BCUT2D eigenvalue weighted by Crippen LogP contribution is -1.92. The highest BCUT2D eigenvalue weighted by molar-refractivity contribution is 5.83. The molecule has 0 bridgehead atoms. The van der Waals surface area contributed by atoms with Crippen molar-refractivity contribution in [3.8, 4) is 22.3 Å². The zero-order valence-electron chi connectivity index (χ0n) is 14.7. The second-order valence-corrected chi connectivity index (χ2v) is 6.47. The number of hydrogen-bond acceptors (Lipinski definition) is 0. The molecule has 0 unspecified atom stereocenters. The summed E-state index contributed by atoms with van der Waals surface area (Å²) in [5.74, 6) is -1.47. The van der Waals surface area contributed by atoms with Gasteiger partial charge in [0.2, 0.25) is 0 Å². The molecular formula is C23H21F3. The van der Waals surface area contributed by atoms with Crippen molar-refractivity contribution in [1.82, 2.24) is 0 Å². The zero-order valence-corrected chi connectivity index (χ0v) is 14.7. The summed E-state index contributed by atoms with van der Waals surface area (Å²) in [7, 11) is 0. The average Bonchev–Trinajstić information content (AvgIpc) is 2.65. The first-order chi connectivity index (χ1) is 12.6. The Labute approximate surface area is 152 Å². The minimum absolute atomic E-state index is 0.132. The van der Waals surface area contributed by atoms with Crippen LogP contribution in [0.5, 0.6) is 0 Å². The van der Waals surface area contributed by atoms with E-state index in [1.54, 1.807) is 0 Å². The molecule has 3 heteroatoms. The van der Waals surface area contributed by atoms with Crippen molar-refractivity contribution < 1.29 is 13.2 Å². The molecule has 0 heterocycles. The topological polar surface area (TPSA) is 0 Å². The van der Waals surface area contributed by atoms with E-state index in [9.17, 15) is 13.2 Å². The van der Waals surface area contributed by atoms with Crippen LogP contribution in [0.2, 0.25) is 0 Å². The van der Waals surface area contributed by atoms with Crippen molar-refractivity contribution >= 4 is 0 Å². The van der Waals surface area contributed by atoms with Gasteiger partial charge in [0.05, 0.1) is 0 Å². The summed E-state index contributed by atoms with van der Waals surface area (Å²) in [4.78, 5) is 0. The molecule has 0 amide bonds. The molecule has 0 N–H and O–H groups in total. The second kappa shape index (κ2) is 8.22. The number of halogens is 3. The van der Waals surface area contributed by atoms with E-state index >= 15 is 0 Å². The molecule has 134 valence electrons. The number of aryl methyl sites for hydroxylation is 1. The summed E-state index contributed by atoms with van der Waals surface area (Å²) in [6.07, 6.45) is 4.50. The van der Waals surface area contributed by atoms with Crippen molar-refractivity contribution in [3.63, 3.8) is 0 Å². The molecule has 0 aromatic heterocycles. The molecule has 0 nitrogen and oxygen atoms in total. The van der Waals surface area contributed by atoms with Gasteiger partial charge < -0.3 is 0 Å². The van der Waals surface area contributed by atoms with Crippen molar-refractivity contribution in [1.29, 1.82) is 0 Å². The monoisotopic (exact) mass is 354 g/mol. The van der Waals surface area contributed by atoms with E-state index in [4.69, 9.17) is 0 Å². The van der Waals surface area contributed by atoms with Crippen molar-refractivity contribution in [3.05, 3.63) is 83.7 Å². The van der Waals surface area contributed by atoms with E-state index in [1.165, 1.54) is 36.6 Å². The number of unbranched alkanes of at least 4 members (excludes halogenated alkanes) is 2. The summed E-state index contributed by atoms with van der Waals surface area (Å²) in [5, 5.41) is 0. The molecule has 0 spiro atoms. The molecule has 3 rings (SSSR count). The summed E-state index contributed by atoms with van der Waals surface area (Å²) < 4.78 is 41.7. The van der Waals surface area contributed by atoms with Crippen LogP contribution in [-0.2, 0) is 6.42 Å². The highest BCUT2D eigenvalue weighted by Gasteiger charge is 2.13. The van der Waals surface area contributed by atoms with E-state index in [1.807, 2.05) is 24.3 Å². The summed E-state index contributed by atoms with van der Waals surface area (Å²) in [6, 6.07) is 15.3. The van der Waals surface area contributed by atoms with Gasteiger partial charge in [-0.3, -0.25) is 0 Å². The van der Waals surface area contributed by atoms with E-state index in [2.05, 4.69) is 6.92 Å². The van der Waals surface area contributed by atoms with Gasteiger partial charge in [0.1, 0.15) is 17.5 Å². The largest absolute Gasteiger partial charge is 0.207 e. The normalized spacial score (nSPS) is 10.9. The van der Waals surface area contributed by atoms with Crippen LogP contribution in [-0.4, -0.2) is 0 Å². The van der Waals surface area contributed by atoms with Gasteiger partial charge in [-0.1, -0.05) is 50.1 Å². The molecule has 0 saturated carbocycles. The fourth-order valence-electron chi connectivity index (χ4n) is 3.12. The molecule has 0 aliphatic heterocycles. The quantitative estimate of drug-likeness (QED) is 0.412. The molecule has 0 aliphatic rings. The Morgan fingerprint density at radius 1 is 0.654 bits per heavy atom. The molecule has 3 aromatic carbocycles. The Hall–Kier alpha value is -2.55. The Morgan fingerprint density at radius 2 is 1.31 bits per heavy atom. The lowest BCUT2D eigenvalue weighted by atomic mass is 9.93. The van der Waals surface area contributed by atoms with Crippen molar-refractivity contribution in [2.24, 2.45) is 0 Å². The van der Waals surface area contributed by atoms with E-state index < -0.39 is 17.5 Å². The van der Waals surface area contributed by atoms with Crippen LogP contribution in [0.4, 0.5) is 13.2 Å². The summed E-state index contributed by atoms with van der Waals surface area (Å²) >= 11 is 0. The third-order valence-electron chi connectivity index (χ3n) is 4.53. The number of hydrogen-bond donors (Lipinski definition) is 0. The van der Waals surface area contributed by atoms with Gasteiger partial charge in [-0.25, -0.2) is 13.2 Å². The van der Waals surface area contributed by atoms with Gasteiger partial charge in [0, 0.05) is 5.56 Å². The Balaban J connectivity index is 1.99. The first kappa shape index (κ1) is 18.2.